The zero-order valence-corrected chi connectivity index (χ0v) is 19.6. The summed E-state index contributed by atoms with van der Waals surface area (Å²) < 4.78 is 50.9. The topological polar surface area (TPSA) is 90.9 Å². The van der Waals surface area contributed by atoms with Crippen molar-refractivity contribution in [1.82, 2.24) is 0 Å². The molecule has 0 radical (unpaired) electrons. The highest BCUT2D eigenvalue weighted by molar-refractivity contribution is 7.17. The van der Waals surface area contributed by atoms with Crippen molar-refractivity contribution in [3.8, 4) is 5.75 Å². The van der Waals surface area contributed by atoms with E-state index in [9.17, 15) is 27.6 Å². The van der Waals surface area contributed by atoms with Gasteiger partial charge in [0.2, 0.25) is 0 Å². The summed E-state index contributed by atoms with van der Waals surface area (Å²) in [4.78, 5) is 38.6. The summed E-state index contributed by atoms with van der Waals surface area (Å²) >= 11 is 1.31. The fourth-order valence-corrected chi connectivity index (χ4v) is 4.95. The van der Waals surface area contributed by atoms with Crippen molar-refractivity contribution >= 4 is 34.2 Å². The van der Waals surface area contributed by atoms with Gasteiger partial charge >= 0.3 is 18.3 Å². The van der Waals surface area contributed by atoms with E-state index >= 15 is 0 Å². The fourth-order valence-electron chi connectivity index (χ4n) is 3.55. The van der Waals surface area contributed by atoms with Crippen LogP contribution in [0.1, 0.15) is 58.3 Å². The quantitative estimate of drug-likeness (QED) is 0.531. The van der Waals surface area contributed by atoms with Crippen molar-refractivity contribution in [3.05, 3.63) is 45.8 Å². The van der Waals surface area contributed by atoms with Crippen molar-refractivity contribution in [2.24, 2.45) is 5.92 Å². The normalized spacial score (nSPS) is 16.2. The molecule has 2 atom stereocenters. The van der Waals surface area contributed by atoms with Crippen LogP contribution in [0.2, 0.25) is 0 Å². The van der Waals surface area contributed by atoms with Crippen molar-refractivity contribution in [1.29, 1.82) is 0 Å². The molecule has 7 nitrogen and oxygen atoms in total. The van der Waals surface area contributed by atoms with Crippen molar-refractivity contribution in [2.45, 2.75) is 52.5 Å². The van der Waals surface area contributed by atoms with Crippen molar-refractivity contribution in [3.63, 3.8) is 0 Å². The number of ether oxygens (including phenoxy) is 3. The molecule has 1 aromatic carbocycles. The number of carbonyl (C=O) groups excluding carboxylic acids is 3. The number of hydrogen-bond donors (Lipinski definition) is 1. The minimum Gasteiger partial charge on any atom is -0.462 e. The van der Waals surface area contributed by atoms with E-state index in [0.29, 0.717) is 22.9 Å². The first-order valence-electron chi connectivity index (χ1n) is 10.7. The molecule has 0 saturated carbocycles. The molecule has 0 bridgehead atoms. The number of amides is 1. The van der Waals surface area contributed by atoms with Crippen LogP contribution in [0.15, 0.2) is 24.3 Å². The number of anilines is 1. The van der Waals surface area contributed by atoms with Crippen LogP contribution >= 0.6 is 11.3 Å². The molecule has 34 heavy (non-hydrogen) atoms. The smallest absolute Gasteiger partial charge is 0.462 e. The number of rotatable bonds is 7. The third-order valence-electron chi connectivity index (χ3n) is 5.20. The number of nitrogens with one attached hydrogen (secondary N) is 1. The Labute approximate surface area is 198 Å². The van der Waals surface area contributed by atoms with E-state index in [1.807, 2.05) is 0 Å². The summed E-state index contributed by atoms with van der Waals surface area (Å²) in [6.07, 6.45) is -3.66. The molecule has 1 aliphatic rings. The zero-order chi connectivity index (χ0) is 25.0. The number of esters is 2. The lowest BCUT2D eigenvalue weighted by atomic mass is 9.88. The Bertz CT molecular complexity index is 1060. The van der Waals surface area contributed by atoms with Crippen molar-refractivity contribution in [2.75, 3.05) is 11.9 Å². The summed E-state index contributed by atoms with van der Waals surface area (Å²) in [6, 6.07) is 4.14. The second-order valence-electron chi connectivity index (χ2n) is 7.89. The summed E-state index contributed by atoms with van der Waals surface area (Å²) in [5, 5.41) is 3.02. The SMILES string of the molecule is CCOC(=O)c1c(NC(=O)C(C)OC(=O)c2ccc(OC(F)(F)F)cc2)sc2c1CCC(C)C2. The first-order chi connectivity index (χ1) is 16.0. The summed E-state index contributed by atoms with van der Waals surface area (Å²) in [5.74, 6) is -2.10. The molecule has 2 aromatic rings. The highest BCUT2D eigenvalue weighted by atomic mass is 32.1. The Hall–Kier alpha value is -3.08. The van der Waals surface area contributed by atoms with E-state index in [-0.39, 0.29) is 12.2 Å². The predicted octanol–water partition coefficient (Wildman–Crippen LogP) is 5.13. The number of hydrogen-bond acceptors (Lipinski definition) is 7. The molecule has 2 unspecified atom stereocenters. The van der Waals surface area contributed by atoms with Crippen LogP contribution in [0.25, 0.3) is 0 Å². The Morgan fingerprint density at radius 1 is 1.18 bits per heavy atom. The van der Waals surface area contributed by atoms with Gasteiger partial charge in [-0.2, -0.15) is 0 Å². The van der Waals surface area contributed by atoms with Crippen LogP contribution in [0.4, 0.5) is 18.2 Å². The van der Waals surface area contributed by atoms with Crippen LogP contribution < -0.4 is 10.1 Å². The molecule has 184 valence electrons. The number of fused-ring (bicyclic) bond motifs is 1. The minimum absolute atomic E-state index is 0.0537. The third-order valence-corrected chi connectivity index (χ3v) is 6.37. The molecule has 0 saturated heterocycles. The molecule has 1 heterocycles. The van der Waals surface area contributed by atoms with E-state index in [1.165, 1.54) is 18.3 Å². The molecule has 0 spiro atoms. The lowest BCUT2D eigenvalue weighted by Crippen LogP contribution is -2.30. The summed E-state index contributed by atoms with van der Waals surface area (Å²) in [6.45, 7) is 5.36. The van der Waals surface area contributed by atoms with Crippen LogP contribution in [0, 0.1) is 5.92 Å². The van der Waals surface area contributed by atoms with Crippen LogP contribution in [0.5, 0.6) is 5.75 Å². The Morgan fingerprint density at radius 3 is 2.47 bits per heavy atom. The Balaban J connectivity index is 1.69. The lowest BCUT2D eigenvalue weighted by Gasteiger charge is -2.18. The average Bonchev–Trinajstić information content (AvgIpc) is 3.09. The summed E-state index contributed by atoms with van der Waals surface area (Å²) in [7, 11) is 0. The first kappa shape index (κ1) is 25.5. The first-order valence-corrected chi connectivity index (χ1v) is 11.5. The molecular weight excluding hydrogens is 475 g/mol. The van der Waals surface area contributed by atoms with Gasteiger partial charge in [-0.1, -0.05) is 6.92 Å². The molecule has 0 aliphatic heterocycles. The highest BCUT2D eigenvalue weighted by Gasteiger charge is 2.32. The Kier molecular flexibility index (Phi) is 7.86. The number of benzene rings is 1. The maximum Gasteiger partial charge on any atom is 0.573 e. The number of thiophene rings is 1. The molecule has 1 amide bonds. The van der Waals surface area contributed by atoms with Gasteiger partial charge in [-0.25, -0.2) is 9.59 Å². The van der Waals surface area contributed by atoms with Gasteiger partial charge in [0.05, 0.1) is 17.7 Å². The predicted molar refractivity (Wildman–Crippen MR) is 118 cm³/mol. The molecule has 11 heteroatoms. The van der Waals surface area contributed by atoms with Gasteiger partial charge in [-0.3, -0.25) is 4.79 Å². The highest BCUT2D eigenvalue weighted by Crippen LogP contribution is 2.40. The monoisotopic (exact) mass is 499 g/mol. The maximum atomic E-state index is 12.7. The van der Waals surface area contributed by atoms with Gasteiger partial charge < -0.3 is 19.5 Å². The molecule has 3 rings (SSSR count). The molecule has 0 fully saturated rings. The van der Waals surface area contributed by atoms with Crippen LogP contribution in [0.3, 0.4) is 0 Å². The number of halogens is 3. The third kappa shape index (κ3) is 6.28. The van der Waals surface area contributed by atoms with Crippen LogP contribution in [-0.4, -0.2) is 36.9 Å². The molecular formula is C23H24F3NO6S. The molecule has 1 aromatic heterocycles. The summed E-state index contributed by atoms with van der Waals surface area (Å²) in [5.41, 5.74) is 1.16. The van der Waals surface area contributed by atoms with E-state index < -0.39 is 36.1 Å². The van der Waals surface area contributed by atoms with Gasteiger partial charge in [0, 0.05) is 4.88 Å². The second kappa shape index (κ2) is 10.5. The van der Waals surface area contributed by atoms with Gasteiger partial charge in [-0.15, -0.1) is 24.5 Å². The number of alkyl halides is 3. The van der Waals surface area contributed by atoms with Crippen LogP contribution in [-0.2, 0) is 27.1 Å². The molecule has 1 N–H and O–H groups in total. The molecule has 1 aliphatic carbocycles. The van der Waals surface area contributed by atoms with Gasteiger partial charge in [0.1, 0.15) is 10.8 Å². The largest absolute Gasteiger partial charge is 0.573 e. The van der Waals surface area contributed by atoms with Gasteiger partial charge in [0.15, 0.2) is 6.10 Å². The average molecular weight is 500 g/mol. The fraction of sp³-hybridized carbons (Fsp3) is 0.435. The minimum atomic E-state index is -4.85. The standard InChI is InChI=1S/C23H24F3NO6S/c1-4-31-22(30)18-16-10-5-12(2)11-17(16)34-20(18)27-19(28)13(3)32-21(29)14-6-8-15(9-7-14)33-23(24,25)26/h6-9,12-13H,4-5,10-11H2,1-3H3,(H,27,28). The number of carbonyl (C=O) groups is 3. The van der Waals surface area contributed by atoms with E-state index in [1.54, 1.807) is 6.92 Å². The maximum absolute atomic E-state index is 12.7. The Morgan fingerprint density at radius 2 is 1.85 bits per heavy atom. The van der Waals surface area contributed by atoms with Crippen molar-refractivity contribution < 1.29 is 41.8 Å². The lowest BCUT2D eigenvalue weighted by molar-refractivity contribution is -0.274. The van der Waals surface area contributed by atoms with E-state index in [4.69, 9.17) is 9.47 Å². The van der Waals surface area contributed by atoms with Gasteiger partial charge in [0.25, 0.3) is 5.91 Å². The van der Waals surface area contributed by atoms with E-state index in [0.717, 1.165) is 47.5 Å². The zero-order valence-electron chi connectivity index (χ0n) is 18.8. The second-order valence-corrected chi connectivity index (χ2v) is 8.99. The van der Waals surface area contributed by atoms with Gasteiger partial charge in [-0.05, 0) is 68.9 Å². The van der Waals surface area contributed by atoms with E-state index in [2.05, 4.69) is 17.0 Å².